The van der Waals surface area contributed by atoms with Crippen LogP contribution in [0.2, 0.25) is 5.02 Å². The number of rotatable bonds is 3. The maximum atomic E-state index is 6.10. The first kappa shape index (κ1) is 17.4. The predicted octanol–water partition coefficient (Wildman–Crippen LogP) is 3.94. The number of nitrogens with zero attached hydrogens (tertiary/aromatic N) is 5. The zero-order chi connectivity index (χ0) is 18.9. The van der Waals surface area contributed by atoms with E-state index >= 15 is 0 Å². The second-order valence-corrected chi connectivity index (χ2v) is 7.44. The lowest BCUT2D eigenvalue weighted by atomic mass is 10.1. The van der Waals surface area contributed by atoms with Gasteiger partial charge in [0.2, 0.25) is 0 Å². The number of imidazole rings is 1. The van der Waals surface area contributed by atoms with Gasteiger partial charge in [0.15, 0.2) is 0 Å². The molecule has 2 aliphatic heterocycles. The van der Waals surface area contributed by atoms with Crippen LogP contribution in [-0.4, -0.2) is 51.6 Å². The van der Waals surface area contributed by atoms with Crippen LogP contribution in [0.3, 0.4) is 0 Å². The summed E-state index contributed by atoms with van der Waals surface area (Å²) in [6.07, 6.45) is 9.76. The second kappa shape index (κ2) is 7.37. The molecule has 7 heteroatoms. The molecule has 0 amide bonds. The van der Waals surface area contributed by atoms with E-state index in [0.29, 0.717) is 17.7 Å². The summed E-state index contributed by atoms with van der Waals surface area (Å²) in [6.45, 7) is 2.29. The van der Waals surface area contributed by atoms with Crippen LogP contribution >= 0.6 is 11.6 Å². The molecule has 0 aliphatic carbocycles. The fourth-order valence-electron chi connectivity index (χ4n) is 3.81. The Morgan fingerprint density at radius 1 is 1.07 bits per heavy atom. The van der Waals surface area contributed by atoms with Crippen LogP contribution in [0.15, 0.2) is 53.9 Å². The van der Waals surface area contributed by atoms with Gasteiger partial charge < -0.3 is 9.64 Å². The van der Waals surface area contributed by atoms with Gasteiger partial charge in [-0.15, -0.1) is 0 Å². The first-order chi connectivity index (χ1) is 13.8. The molecule has 28 heavy (non-hydrogen) atoms. The van der Waals surface area contributed by atoms with Gasteiger partial charge in [0.25, 0.3) is 0 Å². The van der Waals surface area contributed by atoms with Gasteiger partial charge in [-0.25, -0.2) is 4.98 Å². The van der Waals surface area contributed by atoms with E-state index in [1.165, 1.54) is 0 Å². The van der Waals surface area contributed by atoms with Crippen LogP contribution < -0.4 is 0 Å². The highest BCUT2D eigenvalue weighted by molar-refractivity contribution is 6.30. The van der Waals surface area contributed by atoms with E-state index in [9.17, 15) is 0 Å². The Balaban J connectivity index is 1.62. The van der Waals surface area contributed by atoms with Crippen molar-refractivity contribution >= 4 is 34.4 Å². The van der Waals surface area contributed by atoms with Crippen molar-refractivity contribution in [2.24, 2.45) is 4.99 Å². The number of halogens is 1. The average molecular weight is 394 g/mol. The zero-order valence-electron chi connectivity index (χ0n) is 15.3. The summed E-state index contributed by atoms with van der Waals surface area (Å²) in [7, 11) is 0. The molecule has 2 aromatic heterocycles. The van der Waals surface area contributed by atoms with Crippen molar-refractivity contribution in [1.29, 1.82) is 0 Å². The molecule has 1 aromatic carbocycles. The van der Waals surface area contributed by atoms with Crippen molar-refractivity contribution in [2.45, 2.75) is 18.9 Å². The predicted molar refractivity (Wildman–Crippen MR) is 111 cm³/mol. The molecular formula is C21H20ClN5O. The number of allylic oxidation sites excluding steroid dienone is 1. The van der Waals surface area contributed by atoms with E-state index in [0.717, 1.165) is 54.2 Å². The quantitative estimate of drug-likeness (QED) is 0.676. The summed E-state index contributed by atoms with van der Waals surface area (Å²) in [5.41, 5.74) is 3.84. The molecule has 0 atom stereocenters. The number of hydrogen-bond acceptors (Lipinski definition) is 5. The summed E-state index contributed by atoms with van der Waals surface area (Å²) in [5, 5.41) is 0.706. The third-order valence-corrected chi connectivity index (χ3v) is 5.49. The maximum absolute atomic E-state index is 6.10. The van der Waals surface area contributed by atoms with Gasteiger partial charge >= 0.3 is 0 Å². The van der Waals surface area contributed by atoms with Gasteiger partial charge in [-0.3, -0.25) is 14.5 Å². The molecule has 3 aromatic rings. The van der Waals surface area contributed by atoms with Gasteiger partial charge in [0.1, 0.15) is 12.5 Å². The Labute approximate surface area is 168 Å². The minimum Gasteiger partial charge on any atom is -0.381 e. The molecular weight excluding hydrogens is 374 g/mol. The Morgan fingerprint density at radius 3 is 2.71 bits per heavy atom. The average Bonchev–Trinajstić information content (AvgIpc) is 3.15. The molecule has 4 heterocycles. The lowest BCUT2D eigenvalue weighted by Crippen LogP contribution is -2.37. The standard InChI is InChI=1S/C21H20ClN5O/c22-16-1-3-18(4-2-16)27-20-12-23-8-5-19(20)25-21(27)15-11-24-14-26(13-15)17-6-9-28-10-7-17/h1-5,8,11-13,17H,6-7,9-10,14H2. The molecule has 0 radical (unpaired) electrons. The lowest BCUT2D eigenvalue weighted by molar-refractivity contribution is 0.0502. The normalized spacial score (nSPS) is 17.9. The number of ether oxygens (including phenoxy) is 1. The van der Waals surface area contributed by atoms with Crippen LogP contribution in [0, 0.1) is 0 Å². The van der Waals surface area contributed by atoms with Crippen LogP contribution in [0.5, 0.6) is 0 Å². The summed E-state index contributed by atoms with van der Waals surface area (Å²) in [6, 6.07) is 10.2. The SMILES string of the molecule is Clc1ccc(-n2c(C3=CN(C4CCOCC4)CN=C3)nc3ccncc32)cc1. The van der Waals surface area contributed by atoms with Crippen molar-refractivity contribution in [2.75, 3.05) is 19.9 Å². The summed E-state index contributed by atoms with van der Waals surface area (Å²) in [4.78, 5) is 16.1. The van der Waals surface area contributed by atoms with Crippen molar-refractivity contribution in [3.8, 4) is 5.69 Å². The molecule has 0 bridgehead atoms. The van der Waals surface area contributed by atoms with Crippen molar-refractivity contribution < 1.29 is 4.74 Å². The number of hydrogen-bond donors (Lipinski definition) is 0. The van der Waals surface area contributed by atoms with Crippen LogP contribution in [0.25, 0.3) is 22.3 Å². The molecule has 6 nitrogen and oxygen atoms in total. The highest BCUT2D eigenvalue weighted by Crippen LogP contribution is 2.28. The number of aliphatic imine (C=N–C) groups is 1. The molecule has 2 aliphatic rings. The van der Waals surface area contributed by atoms with Gasteiger partial charge in [-0.05, 0) is 43.2 Å². The summed E-state index contributed by atoms with van der Waals surface area (Å²) >= 11 is 6.10. The van der Waals surface area contributed by atoms with E-state index in [2.05, 4.69) is 25.6 Å². The lowest BCUT2D eigenvalue weighted by Gasteiger charge is -2.34. The van der Waals surface area contributed by atoms with Crippen LogP contribution in [0.1, 0.15) is 18.7 Å². The third kappa shape index (κ3) is 3.19. The smallest absolute Gasteiger partial charge is 0.148 e. The topological polar surface area (TPSA) is 55.5 Å². The molecule has 0 saturated carbocycles. The van der Waals surface area contributed by atoms with Gasteiger partial charge in [-0.2, -0.15) is 0 Å². The van der Waals surface area contributed by atoms with E-state index < -0.39 is 0 Å². The molecule has 1 fully saturated rings. The van der Waals surface area contributed by atoms with E-state index in [-0.39, 0.29) is 0 Å². The van der Waals surface area contributed by atoms with Crippen molar-refractivity contribution in [3.05, 3.63) is 59.8 Å². The Hall–Kier alpha value is -2.70. The second-order valence-electron chi connectivity index (χ2n) is 7.01. The van der Waals surface area contributed by atoms with Crippen LogP contribution in [-0.2, 0) is 4.74 Å². The van der Waals surface area contributed by atoms with E-state index in [1.54, 1.807) is 6.20 Å². The first-order valence-corrected chi connectivity index (χ1v) is 9.81. The highest BCUT2D eigenvalue weighted by atomic mass is 35.5. The van der Waals surface area contributed by atoms with Crippen LogP contribution in [0.4, 0.5) is 0 Å². The van der Waals surface area contributed by atoms with Gasteiger partial charge in [0.05, 0.1) is 22.8 Å². The minimum atomic E-state index is 0.455. The summed E-state index contributed by atoms with van der Waals surface area (Å²) in [5.74, 6) is 0.853. The van der Waals surface area contributed by atoms with Gasteiger partial charge in [-0.1, -0.05) is 11.6 Å². The highest BCUT2D eigenvalue weighted by Gasteiger charge is 2.23. The third-order valence-electron chi connectivity index (χ3n) is 5.24. The molecule has 0 spiro atoms. The minimum absolute atomic E-state index is 0.455. The Bertz CT molecular complexity index is 1050. The first-order valence-electron chi connectivity index (χ1n) is 9.43. The fraction of sp³-hybridized carbons (Fsp3) is 0.286. The zero-order valence-corrected chi connectivity index (χ0v) is 16.1. The monoisotopic (exact) mass is 393 g/mol. The molecule has 0 unspecified atom stereocenters. The molecule has 1 saturated heterocycles. The van der Waals surface area contributed by atoms with Gasteiger partial charge in [0, 0.05) is 48.6 Å². The summed E-state index contributed by atoms with van der Waals surface area (Å²) < 4.78 is 7.62. The van der Waals surface area contributed by atoms with Crippen molar-refractivity contribution in [3.63, 3.8) is 0 Å². The van der Waals surface area contributed by atoms with E-state index in [4.69, 9.17) is 21.3 Å². The maximum Gasteiger partial charge on any atom is 0.148 e. The number of pyridine rings is 1. The van der Waals surface area contributed by atoms with Crippen molar-refractivity contribution in [1.82, 2.24) is 19.4 Å². The molecule has 5 rings (SSSR count). The fourth-order valence-corrected chi connectivity index (χ4v) is 3.93. The molecule has 0 N–H and O–H groups in total. The van der Waals surface area contributed by atoms with E-state index in [1.807, 2.05) is 42.7 Å². The molecule has 142 valence electrons. The Kier molecular flexibility index (Phi) is 4.58. The largest absolute Gasteiger partial charge is 0.381 e. The Morgan fingerprint density at radius 2 is 1.89 bits per heavy atom. The number of aromatic nitrogens is 3. The number of benzene rings is 1. The number of fused-ring (bicyclic) bond motifs is 1.